The fraction of sp³-hybridized carbons (Fsp3) is 0.386. The van der Waals surface area contributed by atoms with Gasteiger partial charge in [-0.2, -0.15) is 27.7 Å². The number of pyridine rings is 2. The number of aromatic nitrogens is 2. The highest BCUT2D eigenvalue weighted by atomic mass is 19.2. The molecule has 1 saturated heterocycles. The van der Waals surface area contributed by atoms with Crippen LogP contribution in [-0.2, 0) is 14.3 Å². The summed E-state index contributed by atoms with van der Waals surface area (Å²) >= 11 is 0. The largest absolute Gasteiger partial charge is 0.378 e. The first kappa shape index (κ1) is 111. The Bertz CT molecular complexity index is 4760. The number of benzene rings is 8. The molecule has 1 fully saturated rings. The average molecular weight is 1730 g/mol. The maximum absolute atomic E-state index is 13.8. The van der Waals surface area contributed by atoms with E-state index in [1.807, 2.05) is 99.6 Å². The lowest BCUT2D eigenvalue weighted by Gasteiger charge is -2.27. The van der Waals surface area contributed by atoms with E-state index in [0.717, 1.165) is 46.0 Å². The number of hydrogen-bond donors (Lipinski definition) is 0. The SMILES string of the molecule is CC(C)c1cc(F)c(F)c(F)c1.CC(C)c1ccc(F)c(C(=O)N(C)C)c1.CC(C)c1ccc(F)c(C(=O)N2CCOCC2)c1.CC(C)c1ccc(F)c(F)c1.CC(C)c1ccc(F)nc1F.CC(C)c1cccc(C(=O)N(C)C)c1.CC(C)c1cccc(F)c1.CC(C)c1ccccc1.CC(C)c1cnc(F)c(F)c1.Cc1cccc(C(C)C)c1.O=C=O. The Kier molecular flexibility index (Phi) is 51.4. The second-order valence-corrected chi connectivity index (χ2v) is 32.4. The van der Waals surface area contributed by atoms with Gasteiger partial charge in [-0.3, -0.25) is 14.4 Å². The molecule has 1 aliphatic rings. The summed E-state index contributed by atoms with van der Waals surface area (Å²) in [4.78, 5) is 62.7. The van der Waals surface area contributed by atoms with Gasteiger partial charge in [-0.15, -0.1) is 0 Å². The van der Waals surface area contributed by atoms with Gasteiger partial charge in [0.05, 0.1) is 24.3 Å². The third-order valence-electron chi connectivity index (χ3n) is 18.6. The summed E-state index contributed by atoms with van der Waals surface area (Å²) in [5.41, 5.74) is 11.9. The van der Waals surface area contributed by atoms with Crippen molar-refractivity contribution in [2.45, 2.75) is 205 Å². The van der Waals surface area contributed by atoms with Gasteiger partial charge >= 0.3 is 6.15 Å². The van der Waals surface area contributed by atoms with Crippen LogP contribution in [-0.4, -0.2) is 103 Å². The molecule has 0 radical (unpaired) electrons. The average Bonchev–Trinajstić information content (AvgIpc) is 0.830. The van der Waals surface area contributed by atoms with Crippen LogP contribution >= 0.6 is 0 Å². The Hall–Kier alpha value is -11.0. The molecule has 11 rings (SSSR count). The molecule has 0 N–H and O–H groups in total. The maximum Gasteiger partial charge on any atom is 0.373 e. The molecule has 0 bridgehead atoms. The van der Waals surface area contributed by atoms with Crippen molar-refractivity contribution in [2.75, 3.05) is 54.5 Å². The highest BCUT2D eigenvalue weighted by Crippen LogP contribution is 2.26. The zero-order valence-electron chi connectivity index (χ0n) is 76.3. The number of carbonyl (C=O) groups excluding carboxylic acids is 5. The number of carbonyl (C=O) groups is 3. The normalized spacial score (nSPS) is 11.1. The number of hydrogen-bond acceptors (Lipinski definition) is 8. The summed E-state index contributed by atoms with van der Waals surface area (Å²) in [7, 11) is 6.77. The first-order chi connectivity index (χ1) is 58.0. The molecular formula is C101H125F12N5O6. The molecular weight excluding hydrogens is 1610 g/mol. The standard InChI is InChI=1S/C14H18FNO2.C12H16FNO.C12H17NO.C10H14.C9H9F3.C9H10F2.C9H11F.C9H12.2C8H9F2N.CO2/c1-10(2)11-3-4-13(15)12(9-11)14(17)16-5-7-18-8-6-16;1-8(2)9-5-6-11(13)10(7-9)12(15)14(3)4;1-9(2)10-6-5-7-11(8-10)12(14)13(3)4;1-8(2)10-6-4-5-9(3)7-10;1-5(2)6-3-7(10)9(12)8(11)4-6;1-6(2)7-3-4-8(10)9(11)5-7;1-7(2)8-4-3-5-9(10)6-8;1-8(2)9-6-4-3-5-7-9;1-5(2)6-3-7(9)8(10)11-4-6;1-5(2)6-3-4-7(9)11-8(6)10;2-1-3/h3-4,9-10H,5-8H2,1-2H3;5-8H,1-4H3;5-9H,1-4H3;4-8H,1-3H3;3-5H,1-2H3;3-6H,1-2H3;3-7H,1-2H3;3-8H,1-2H3;2*3-5H,1-2H3;. The summed E-state index contributed by atoms with van der Waals surface area (Å²) in [6, 6.07) is 53.0. The molecule has 11 nitrogen and oxygen atoms in total. The van der Waals surface area contributed by atoms with E-state index in [4.69, 9.17) is 14.3 Å². The minimum absolute atomic E-state index is 0.00500. The summed E-state index contributed by atoms with van der Waals surface area (Å²) in [5, 5.41) is 0. The van der Waals surface area contributed by atoms with Crippen molar-refractivity contribution >= 4 is 23.9 Å². The van der Waals surface area contributed by atoms with Crippen molar-refractivity contribution in [3.8, 4) is 0 Å². The fourth-order valence-electron chi connectivity index (χ4n) is 10.7. The lowest BCUT2D eigenvalue weighted by atomic mass is 10.00. The summed E-state index contributed by atoms with van der Waals surface area (Å²) in [5.74, 6) is -6.91. The highest BCUT2D eigenvalue weighted by Gasteiger charge is 2.23. The fourth-order valence-corrected chi connectivity index (χ4v) is 10.7. The van der Waals surface area contributed by atoms with Gasteiger partial charge in [-0.1, -0.05) is 241 Å². The van der Waals surface area contributed by atoms with Crippen LogP contribution in [0.1, 0.15) is 290 Å². The molecule has 0 aliphatic carbocycles. The first-order valence-electron chi connectivity index (χ1n) is 41.1. The smallest absolute Gasteiger partial charge is 0.373 e. The summed E-state index contributed by atoms with van der Waals surface area (Å²) in [6.07, 6.45) is 1.60. The maximum atomic E-state index is 13.8. The zero-order valence-corrected chi connectivity index (χ0v) is 76.3. The topological polar surface area (TPSA) is 130 Å². The Balaban J connectivity index is 0.000000690. The number of amides is 3. The van der Waals surface area contributed by atoms with Crippen molar-refractivity contribution in [1.82, 2.24) is 24.7 Å². The summed E-state index contributed by atoms with van der Waals surface area (Å²) in [6.45, 7) is 44.4. The van der Waals surface area contributed by atoms with Crippen molar-refractivity contribution in [3.63, 3.8) is 0 Å². The van der Waals surface area contributed by atoms with E-state index in [0.29, 0.717) is 72.6 Å². The van der Waals surface area contributed by atoms with Crippen LogP contribution < -0.4 is 0 Å². The molecule has 674 valence electrons. The van der Waals surface area contributed by atoms with Crippen molar-refractivity contribution in [1.29, 1.82) is 0 Å². The molecule has 124 heavy (non-hydrogen) atoms. The van der Waals surface area contributed by atoms with Gasteiger partial charge < -0.3 is 19.4 Å². The Morgan fingerprint density at radius 2 is 0.742 bits per heavy atom. The number of ether oxygens (including phenoxy) is 1. The van der Waals surface area contributed by atoms with E-state index in [1.54, 1.807) is 94.3 Å². The van der Waals surface area contributed by atoms with Gasteiger partial charge in [-0.25, -0.2) is 44.5 Å². The van der Waals surface area contributed by atoms with Crippen molar-refractivity contribution < 1.29 is 81.4 Å². The quantitative estimate of drug-likeness (QED) is 0.0634. The van der Waals surface area contributed by atoms with E-state index in [-0.39, 0.29) is 70.4 Å². The molecule has 0 saturated carbocycles. The Morgan fingerprint density at radius 1 is 0.355 bits per heavy atom. The monoisotopic (exact) mass is 1730 g/mol. The number of aryl methyl sites for hydroxylation is 1. The van der Waals surface area contributed by atoms with Gasteiger partial charge in [0, 0.05) is 58.6 Å². The van der Waals surface area contributed by atoms with Crippen LogP contribution in [0.3, 0.4) is 0 Å². The number of halogens is 12. The minimum atomic E-state index is -1.40. The molecule has 10 aromatic rings. The van der Waals surface area contributed by atoms with Crippen LogP contribution in [0.15, 0.2) is 194 Å². The number of rotatable bonds is 13. The Morgan fingerprint density at radius 3 is 1.14 bits per heavy atom. The second kappa shape index (κ2) is 57.4. The molecule has 0 atom stereocenters. The van der Waals surface area contributed by atoms with Crippen LogP contribution in [0.4, 0.5) is 52.7 Å². The van der Waals surface area contributed by atoms with Gasteiger partial charge in [0.25, 0.3) is 17.7 Å². The first-order valence-corrected chi connectivity index (χ1v) is 41.1. The zero-order chi connectivity index (χ0) is 94.5. The van der Waals surface area contributed by atoms with Gasteiger partial charge in [0.2, 0.25) is 17.8 Å². The molecule has 3 heterocycles. The molecule has 23 heteroatoms. The van der Waals surface area contributed by atoms with E-state index in [9.17, 15) is 67.1 Å². The molecule has 0 unspecified atom stereocenters. The number of morpholine rings is 1. The lowest BCUT2D eigenvalue weighted by molar-refractivity contribution is -0.191. The highest BCUT2D eigenvalue weighted by molar-refractivity contribution is 5.95. The van der Waals surface area contributed by atoms with E-state index < -0.39 is 64.4 Å². The molecule has 8 aromatic carbocycles. The van der Waals surface area contributed by atoms with Gasteiger partial charge in [-0.05, 0) is 207 Å². The van der Waals surface area contributed by atoms with E-state index in [2.05, 4.69) is 127 Å². The van der Waals surface area contributed by atoms with Gasteiger partial charge in [0.15, 0.2) is 34.9 Å². The Labute approximate surface area is 727 Å². The van der Waals surface area contributed by atoms with Crippen LogP contribution in [0, 0.1) is 77.1 Å². The van der Waals surface area contributed by atoms with Crippen LogP contribution in [0.25, 0.3) is 0 Å². The number of nitrogens with zero attached hydrogens (tertiary/aromatic N) is 5. The molecule has 0 spiro atoms. The second-order valence-electron chi connectivity index (χ2n) is 32.4. The van der Waals surface area contributed by atoms with Crippen molar-refractivity contribution in [2.24, 2.45) is 0 Å². The van der Waals surface area contributed by atoms with Gasteiger partial charge in [0.1, 0.15) is 17.5 Å². The third-order valence-corrected chi connectivity index (χ3v) is 18.6. The minimum Gasteiger partial charge on any atom is -0.378 e. The van der Waals surface area contributed by atoms with Crippen LogP contribution in [0.2, 0.25) is 0 Å². The van der Waals surface area contributed by atoms with E-state index in [1.165, 1.54) is 75.8 Å². The van der Waals surface area contributed by atoms with E-state index >= 15 is 0 Å². The predicted molar refractivity (Wildman–Crippen MR) is 473 cm³/mol. The predicted octanol–water partition coefficient (Wildman–Crippen LogP) is 27.2. The third kappa shape index (κ3) is 41.4. The van der Waals surface area contributed by atoms with Crippen LogP contribution in [0.5, 0.6) is 0 Å². The van der Waals surface area contributed by atoms with Crippen molar-refractivity contribution in [3.05, 3.63) is 342 Å². The molecule has 2 aromatic heterocycles. The summed E-state index contributed by atoms with van der Waals surface area (Å²) < 4.78 is 157. The molecule has 1 aliphatic heterocycles. The molecule has 3 amide bonds. The lowest BCUT2D eigenvalue weighted by Crippen LogP contribution is -2.41.